The molecule has 1 rings (SSSR count). The van der Waals surface area contributed by atoms with Crippen molar-refractivity contribution in [2.75, 3.05) is 7.05 Å². The van der Waals surface area contributed by atoms with E-state index in [1.165, 1.54) is 5.57 Å². The van der Waals surface area contributed by atoms with Crippen LogP contribution in [-0.4, -0.2) is 7.05 Å². The maximum Gasteiger partial charge on any atom is 0.121 e. The van der Waals surface area contributed by atoms with Crippen molar-refractivity contribution < 1.29 is 4.42 Å². The zero-order valence-corrected chi connectivity index (χ0v) is 9.97. The number of aryl methyl sites for hydroxylation is 1. The molecule has 0 radical (unpaired) electrons. The first kappa shape index (κ1) is 12.1. The predicted molar refractivity (Wildman–Crippen MR) is 63.9 cm³/mol. The Labute approximate surface area is 92.4 Å². The molecule has 0 bridgehead atoms. The lowest BCUT2D eigenvalue weighted by Crippen LogP contribution is -2.16. The van der Waals surface area contributed by atoms with E-state index in [-0.39, 0.29) is 6.04 Å². The standard InChI is InChI=1S/C13H21NO/c1-5-10(3)9-12(14-4)13-8-7-11(6-2)15-13/h7-8,12,14H,3,5-6,9H2,1-2,4H3. The molecule has 1 aromatic rings. The molecule has 0 fully saturated rings. The van der Waals surface area contributed by atoms with E-state index < -0.39 is 0 Å². The van der Waals surface area contributed by atoms with Crippen LogP contribution in [0.2, 0.25) is 0 Å². The number of hydrogen-bond acceptors (Lipinski definition) is 2. The zero-order chi connectivity index (χ0) is 11.3. The maximum atomic E-state index is 5.73. The van der Waals surface area contributed by atoms with E-state index in [0.29, 0.717) is 0 Å². The molecule has 0 saturated heterocycles. The normalized spacial score (nSPS) is 12.7. The van der Waals surface area contributed by atoms with Gasteiger partial charge in [-0.15, -0.1) is 0 Å². The zero-order valence-electron chi connectivity index (χ0n) is 9.97. The highest BCUT2D eigenvalue weighted by Crippen LogP contribution is 2.23. The maximum absolute atomic E-state index is 5.73. The van der Waals surface area contributed by atoms with Gasteiger partial charge < -0.3 is 9.73 Å². The Hall–Kier alpha value is -1.02. The SMILES string of the molecule is C=C(CC)CC(NC)c1ccc(CC)o1. The molecule has 2 nitrogen and oxygen atoms in total. The van der Waals surface area contributed by atoms with Crippen LogP contribution in [0, 0.1) is 0 Å². The highest BCUT2D eigenvalue weighted by atomic mass is 16.3. The van der Waals surface area contributed by atoms with E-state index >= 15 is 0 Å². The third kappa shape index (κ3) is 3.24. The minimum absolute atomic E-state index is 0.262. The number of hydrogen-bond donors (Lipinski definition) is 1. The minimum atomic E-state index is 0.262. The summed E-state index contributed by atoms with van der Waals surface area (Å²) in [6.45, 7) is 8.26. The third-order valence-electron chi connectivity index (χ3n) is 2.72. The molecule has 2 heteroatoms. The Morgan fingerprint density at radius 1 is 1.47 bits per heavy atom. The summed E-state index contributed by atoms with van der Waals surface area (Å²) in [7, 11) is 1.96. The summed E-state index contributed by atoms with van der Waals surface area (Å²) >= 11 is 0. The molecule has 1 unspecified atom stereocenters. The van der Waals surface area contributed by atoms with E-state index in [2.05, 4.69) is 31.8 Å². The van der Waals surface area contributed by atoms with Crippen molar-refractivity contribution >= 4 is 0 Å². The van der Waals surface area contributed by atoms with Gasteiger partial charge in [0.25, 0.3) is 0 Å². The molecule has 0 aliphatic rings. The Bertz CT molecular complexity index is 314. The molecular weight excluding hydrogens is 186 g/mol. The van der Waals surface area contributed by atoms with Crippen molar-refractivity contribution in [3.8, 4) is 0 Å². The van der Waals surface area contributed by atoms with Gasteiger partial charge in [-0.1, -0.05) is 26.0 Å². The molecule has 1 atom stereocenters. The molecule has 0 aliphatic heterocycles. The van der Waals surface area contributed by atoms with E-state index in [1.54, 1.807) is 0 Å². The van der Waals surface area contributed by atoms with Crippen LogP contribution in [0.3, 0.4) is 0 Å². The van der Waals surface area contributed by atoms with Crippen molar-refractivity contribution in [3.63, 3.8) is 0 Å². The molecule has 84 valence electrons. The molecule has 1 aromatic heterocycles. The van der Waals surface area contributed by atoms with Crippen LogP contribution in [0.25, 0.3) is 0 Å². The summed E-state index contributed by atoms with van der Waals surface area (Å²) in [4.78, 5) is 0. The van der Waals surface area contributed by atoms with Crippen LogP contribution >= 0.6 is 0 Å². The molecule has 0 amide bonds. The predicted octanol–water partition coefficient (Wildman–Crippen LogP) is 3.46. The van der Waals surface area contributed by atoms with Crippen molar-refractivity contribution in [2.45, 2.75) is 39.2 Å². The van der Waals surface area contributed by atoms with Crippen molar-refractivity contribution in [1.82, 2.24) is 5.32 Å². The molecule has 0 saturated carbocycles. The second-order valence-electron chi connectivity index (χ2n) is 3.81. The third-order valence-corrected chi connectivity index (χ3v) is 2.72. The van der Waals surface area contributed by atoms with Gasteiger partial charge in [0.05, 0.1) is 6.04 Å². The van der Waals surface area contributed by atoms with Gasteiger partial charge in [-0.2, -0.15) is 0 Å². The Balaban J connectivity index is 2.69. The average molecular weight is 207 g/mol. The molecule has 0 spiro atoms. The second kappa shape index (κ2) is 5.76. The van der Waals surface area contributed by atoms with Gasteiger partial charge in [-0.25, -0.2) is 0 Å². The van der Waals surface area contributed by atoms with Crippen LogP contribution in [0.5, 0.6) is 0 Å². The second-order valence-corrected chi connectivity index (χ2v) is 3.81. The fraction of sp³-hybridized carbons (Fsp3) is 0.538. The first-order chi connectivity index (χ1) is 7.21. The van der Waals surface area contributed by atoms with Crippen LogP contribution in [-0.2, 0) is 6.42 Å². The fourth-order valence-corrected chi connectivity index (χ4v) is 1.55. The summed E-state index contributed by atoms with van der Waals surface area (Å²) in [6, 6.07) is 4.37. The fourth-order valence-electron chi connectivity index (χ4n) is 1.55. The van der Waals surface area contributed by atoms with Gasteiger partial charge >= 0.3 is 0 Å². The average Bonchev–Trinajstić information content (AvgIpc) is 2.73. The molecule has 1 heterocycles. The lowest BCUT2D eigenvalue weighted by molar-refractivity contribution is 0.405. The largest absolute Gasteiger partial charge is 0.464 e. The summed E-state index contributed by atoms with van der Waals surface area (Å²) in [5.41, 5.74) is 1.25. The number of nitrogens with one attached hydrogen (secondary N) is 1. The monoisotopic (exact) mass is 207 g/mol. The van der Waals surface area contributed by atoms with E-state index in [9.17, 15) is 0 Å². The highest BCUT2D eigenvalue weighted by Gasteiger charge is 2.13. The van der Waals surface area contributed by atoms with Gasteiger partial charge in [-0.05, 0) is 32.0 Å². The molecular formula is C13H21NO. The summed E-state index contributed by atoms with van der Waals surface area (Å²) in [5.74, 6) is 2.07. The molecule has 1 N–H and O–H groups in total. The minimum Gasteiger partial charge on any atom is -0.464 e. The lowest BCUT2D eigenvalue weighted by Gasteiger charge is -2.14. The van der Waals surface area contributed by atoms with Gasteiger partial charge in [0.15, 0.2) is 0 Å². The van der Waals surface area contributed by atoms with Crippen molar-refractivity contribution in [2.24, 2.45) is 0 Å². The van der Waals surface area contributed by atoms with Crippen LogP contribution in [0.4, 0.5) is 0 Å². The van der Waals surface area contributed by atoms with E-state index in [1.807, 2.05) is 13.1 Å². The number of rotatable bonds is 6. The van der Waals surface area contributed by atoms with Crippen molar-refractivity contribution in [3.05, 3.63) is 35.8 Å². The summed E-state index contributed by atoms with van der Waals surface area (Å²) in [6.07, 6.45) is 2.92. The van der Waals surface area contributed by atoms with E-state index in [0.717, 1.165) is 30.8 Å². The molecule has 15 heavy (non-hydrogen) atoms. The Morgan fingerprint density at radius 3 is 2.67 bits per heavy atom. The van der Waals surface area contributed by atoms with Gasteiger partial charge in [0.2, 0.25) is 0 Å². The van der Waals surface area contributed by atoms with Gasteiger partial charge in [0, 0.05) is 6.42 Å². The van der Waals surface area contributed by atoms with Crippen LogP contribution < -0.4 is 5.32 Å². The Kier molecular flexibility index (Phi) is 4.63. The van der Waals surface area contributed by atoms with Crippen LogP contribution in [0.1, 0.15) is 44.3 Å². The summed E-state index contributed by atoms with van der Waals surface area (Å²) in [5, 5.41) is 3.27. The van der Waals surface area contributed by atoms with Gasteiger partial charge in [-0.3, -0.25) is 0 Å². The number of furan rings is 1. The first-order valence-corrected chi connectivity index (χ1v) is 5.63. The van der Waals surface area contributed by atoms with Crippen molar-refractivity contribution in [1.29, 1.82) is 0 Å². The van der Waals surface area contributed by atoms with E-state index in [4.69, 9.17) is 4.42 Å². The smallest absolute Gasteiger partial charge is 0.121 e. The molecule has 0 aromatic carbocycles. The lowest BCUT2D eigenvalue weighted by atomic mass is 10.0. The topological polar surface area (TPSA) is 25.2 Å². The molecule has 0 aliphatic carbocycles. The first-order valence-electron chi connectivity index (χ1n) is 5.63. The van der Waals surface area contributed by atoms with Crippen LogP contribution in [0.15, 0.2) is 28.7 Å². The Morgan fingerprint density at radius 2 is 2.20 bits per heavy atom. The summed E-state index contributed by atoms with van der Waals surface area (Å²) < 4.78 is 5.73. The highest BCUT2D eigenvalue weighted by molar-refractivity contribution is 5.13. The quantitative estimate of drug-likeness (QED) is 0.723. The van der Waals surface area contributed by atoms with Gasteiger partial charge in [0.1, 0.15) is 11.5 Å².